The number of para-hydroxylation sites is 1. The number of hydrogen-bond donors (Lipinski definition) is 1. The minimum atomic E-state index is -0.323. The third kappa shape index (κ3) is 2.06. The van der Waals surface area contributed by atoms with Gasteiger partial charge in [-0.2, -0.15) is 5.10 Å². The molecule has 20 heavy (non-hydrogen) atoms. The number of halogens is 1. The van der Waals surface area contributed by atoms with Crippen LogP contribution in [0, 0.1) is 17.5 Å². The van der Waals surface area contributed by atoms with E-state index in [1.165, 1.54) is 6.07 Å². The first-order valence-corrected chi connectivity index (χ1v) is 6.57. The molecule has 100 valence electrons. The highest BCUT2D eigenvalue weighted by Crippen LogP contribution is 2.25. The molecule has 0 spiro atoms. The molecule has 0 unspecified atom stereocenters. The predicted molar refractivity (Wildman–Crippen MR) is 78.9 cm³/mol. The van der Waals surface area contributed by atoms with Crippen LogP contribution in [0.15, 0.2) is 48.5 Å². The molecule has 5 heteroatoms. The van der Waals surface area contributed by atoms with Crippen molar-refractivity contribution in [2.45, 2.75) is 6.92 Å². The second-order valence-electron chi connectivity index (χ2n) is 4.45. The fourth-order valence-corrected chi connectivity index (χ4v) is 2.39. The van der Waals surface area contributed by atoms with Gasteiger partial charge in [-0.15, -0.1) is 0 Å². The van der Waals surface area contributed by atoms with Gasteiger partial charge in [0, 0.05) is 0 Å². The Morgan fingerprint density at radius 1 is 1.10 bits per heavy atom. The van der Waals surface area contributed by atoms with E-state index in [1.807, 2.05) is 31.2 Å². The van der Waals surface area contributed by atoms with E-state index in [2.05, 4.69) is 10.2 Å². The quantitative estimate of drug-likeness (QED) is 0.721. The van der Waals surface area contributed by atoms with Crippen LogP contribution in [-0.4, -0.2) is 14.8 Å². The van der Waals surface area contributed by atoms with Crippen molar-refractivity contribution in [2.24, 2.45) is 0 Å². The summed E-state index contributed by atoms with van der Waals surface area (Å²) >= 11 is 5.28. The average molecular weight is 285 g/mol. The Morgan fingerprint density at radius 3 is 2.55 bits per heavy atom. The van der Waals surface area contributed by atoms with Gasteiger partial charge in [0.1, 0.15) is 5.82 Å². The lowest BCUT2D eigenvalue weighted by Gasteiger charge is -2.10. The van der Waals surface area contributed by atoms with Gasteiger partial charge in [0.25, 0.3) is 0 Å². The van der Waals surface area contributed by atoms with Crippen LogP contribution in [0.2, 0.25) is 0 Å². The fraction of sp³-hybridized carbons (Fsp3) is 0.0667. The maximum atomic E-state index is 14.0. The Kier molecular flexibility index (Phi) is 3.20. The SMILES string of the molecule is Cc1ccccc1-n1c(-c2ccccc2F)n[nH]c1=S. The normalized spacial score (nSPS) is 10.7. The molecule has 0 saturated heterocycles. The molecule has 1 heterocycles. The second-order valence-corrected chi connectivity index (χ2v) is 4.84. The highest BCUT2D eigenvalue weighted by Gasteiger charge is 2.14. The maximum absolute atomic E-state index is 14.0. The van der Waals surface area contributed by atoms with E-state index in [0.717, 1.165) is 11.3 Å². The van der Waals surface area contributed by atoms with Crippen molar-refractivity contribution < 1.29 is 4.39 Å². The Balaban J connectivity index is 2.29. The van der Waals surface area contributed by atoms with Crippen molar-refractivity contribution in [2.75, 3.05) is 0 Å². The molecule has 0 amide bonds. The summed E-state index contributed by atoms with van der Waals surface area (Å²) in [4.78, 5) is 0. The molecule has 0 fully saturated rings. The predicted octanol–water partition coefficient (Wildman–Crippen LogP) is 4.04. The molecule has 0 aliphatic heterocycles. The Hall–Kier alpha value is -2.27. The van der Waals surface area contributed by atoms with Crippen LogP contribution in [0.4, 0.5) is 4.39 Å². The first kappa shape index (κ1) is 12.7. The summed E-state index contributed by atoms with van der Waals surface area (Å²) in [5.41, 5.74) is 2.36. The second kappa shape index (κ2) is 5.02. The zero-order valence-corrected chi connectivity index (χ0v) is 11.6. The van der Waals surface area contributed by atoms with Gasteiger partial charge in [-0.05, 0) is 42.9 Å². The molecule has 1 N–H and O–H groups in total. The molecule has 3 aromatic rings. The van der Waals surface area contributed by atoms with Crippen molar-refractivity contribution in [3.63, 3.8) is 0 Å². The Labute approximate surface area is 120 Å². The van der Waals surface area contributed by atoms with E-state index in [1.54, 1.807) is 22.8 Å². The fourth-order valence-electron chi connectivity index (χ4n) is 2.16. The minimum absolute atomic E-state index is 0.323. The number of nitrogens with zero attached hydrogens (tertiary/aromatic N) is 2. The molecule has 0 aliphatic rings. The van der Waals surface area contributed by atoms with Crippen molar-refractivity contribution in [1.82, 2.24) is 14.8 Å². The molecular formula is C15H12FN3S. The number of nitrogens with one attached hydrogen (secondary N) is 1. The monoisotopic (exact) mass is 285 g/mol. The zero-order chi connectivity index (χ0) is 14.1. The number of hydrogen-bond acceptors (Lipinski definition) is 2. The minimum Gasteiger partial charge on any atom is -0.268 e. The van der Waals surface area contributed by atoms with Crippen molar-refractivity contribution in [3.8, 4) is 17.1 Å². The third-order valence-electron chi connectivity index (χ3n) is 3.14. The van der Waals surface area contributed by atoms with Gasteiger partial charge in [-0.1, -0.05) is 30.3 Å². The highest BCUT2D eigenvalue weighted by atomic mass is 32.1. The summed E-state index contributed by atoms with van der Waals surface area (Å²) in [6.45, 7) is 1.98. The van der Waals surface area contributed by atoms with Crippen molar-refractivity contribution in [1.29, 1.82) is 0 Å². The van der Waals surface area contributed by atoms with Gasteiger partial charge in [-0.25, -0.2) is 4.39 Å². The molecule has 0 atom stereocenters. The van der Waals surface area contributed by atoms with Crippen LogP contribution in [0.1, 0.15) is 5.56 Å². The Morgan fingerprint density at radius 2 is 1.80 bits per heavy atom. The van der Waals surface area contributed by atoms with Gasteiger partial charge in [0.15, 0.2) is 10.6 Å². The lowest BCUT2D eigenvalue weighted by molar-refractivity contribution is 0.629. The standard InChI is InChI=1S/C15H12FN3S/c1-10-6-2-5-9-13(10)19-14(17-18-15(19)20)11-7-3-4-8-12(11)16/h2-9H,1H3,(H,18,20). The largest absolute Gasteiger partial charge is 0.268 e. The van der Waals surface area contributed by atoms with Crippen LogP contribution < -0.4 is 0 Å². The lowest BCUT2D eigenvalue weighted by atomic mass is 10.1. The van der Waals surface area contributed by atoms with Crippen molar-refractivity contribution >= 4 is 12.2 Å². The smallest absolute Gasteiger partial charge is 0.200 e. The number of rotatable bonds is 2. The summed E-state index contributed by atoms with van der Waals surface area (Å²) in [5.74, 6) is 0.152. The molecule has 3 rings (SSSR count). The summed E-state index contributed by atoms with van der Waals surface area (Å²) < 4.78 is 16.2. The number of aromatic amines is 1. The first-order valence-electron chi connectivity index (χ1n) is 6.17. The van der Waals surface area contributed by atoms with Crippen LogP contribution in [0.3, 0.4) is 0 Å². The number of benzene rings is 2. The van der Waals surface area contributed by atoms with Crippen LogP contribution in [0.25, 0.3) is 17.1 Å². The van der Waals surface area contributed by atoms with E-state index in [-0.39, 0.29) is 5.82 Å². The molecule has 0 aliphatic carbocycles. The van der Waals surface area contributed by atoms with Crippen LogP contribution >= 0.6 is 12.2 Å². The molecule has 1 aromatic heterocycles. The van der Waals surface area contributed by atoms with E-state index < -0.39 is 0 Å². The zero-order valence-electron chi connectivity index (χ0n) is 10.8. The van der Waals surface area contributed by atoms with E-state index in [0.29, 0.717) is 16.2 Å². The molecule has 2 aromatic carbocycles. The number of aryl methyl sites for hydroxylation is 1. The van der Waals surface area contributed by atoms with E-state index in [9.17, 15) is 4.39 Å². The topological polar surface area (TPSA) is 33.6 Å². The van der Waals surface area contributed by atoms with E-state index >= 15 is 0 Å². The average Bonchev–Trinajstić information content (AvgIpc) is 2.82. The van der Waals surface area contributed by atoms with Gasteiger partial charge in [0.2, 0.25) is 0 Å². The van der Waals surface area contributed by atoms with Gasteiger partial charge in [0.05, 0.1) is 11.3 Å². The summed E-state index contributed by atoms with van der Waals surface area (Å²) in [6, 6.07) is 14.3. The van der Waals surface area contributed by atoms with E-state index in [4.69, 9.17) is 12.2 Å². The molecule has 3 nitrogen and oxygen atoms in total. The van der Waals surface area contributed by atoms with Crippen molar-refractivity contribution in [3.05, 3.63) is 64.7 Å². The summed E-state index contributed by atoms with van der Waals surface area (Å²) in [7, 11) is 0. The lowest BCUT2D eigenvalue weighted by Crippen LogP contribution is -2.01. The van der Waals surface area contributed by atoms with Crippen LogP contribution in [0.5, 0.6) is 0 Å². The number of aromatic nitrogens is 3. The third-order valence-corrected chi connectivity index (χ3v) is 3.42. The maximum Gasteiger partial charge on any atom is 0.200 e. The molecular weight excluding hydrogens is 273 g/mol. The Bertz CT molecular complexity index is 820. The molecule has 0 radical (unpaired) electrons. The number of H-pyrrole nitrogens is 1. The molecule has 0 saturated carbocycles. The highest BCUT2D eigenvalue weighted by molar-refractivity contribution is 7.71. The summed E-state index contributed by atoms with van der Waals surface area (Å²) in [5, 5.41) is 6.91. The van der Waals surface area contributed by atoms with Gasteiger partial charge in [-0.3, -0.25) is 9.67 Å². The molecule has 0 bridgehead atoms. The first-order chi connectivity index (χ1) is 9.68. The van der Waals surface area contributed by atoms with Gasteiger partial charge >= 0.3 is 0 Å². The van der Waals surface area contributed by atoms with Crippen LogP contribution in [-0.2, 0) is 0 Å². The van der Waals surface area contributed by atoms with Gasteiger partial charge < -0.3 is 0 Å². The summed E-state index contributed by atoms with van der Waals surface area (Å²) in [6.07, 6.45) is 0.